The van der Waals surface area contributed by atoms with Crippen LogP contribution in [0.5, 0.6) is 5.75 Å². The summed E-state index contributed by atoms with van der Waals surface area (Å²) in [6, 6.07) is 19.4. The van der Waals surface area contributed by atoms with E-state index in [4.69, 9.17) is 4.74 Å². The van der Waals surface area contributed by atoms with Crippen LogP contribution in [0.2, 0.25) is 0 Å². The second-order valence-electron chi connectivity index (χ2n) is 8.05. The monoisotopic (exact) mass is 482 g/mol. The molecule has 4 aromatic rings. The summed E-state index contributed by atoms with van der Waals surface area (Å²) in [5.41, 5.74) is 2.01. The van der Waals surface area contributed by atoms with Gasteiger partial charge in [0.15, 0.2) is 0 Å². The van der Waals surface area contributed by atoms with Crippen molar-refractivity contribution in [3.63, 3.8) is 0 Å². The molecule has 3 N–H and O–H groups in total. The topological polar surface area (TPSA) is 79.0 Å². The molecule has 1 atom stereocenters. The van der Waals surface area contributed by atoms with Crippen LogP contribution < -0.4 is 15.4 Å². The van der Waals surface area contributed by atoms with Crippen LogP contribution in [-0.4, -0.2) is 29.7 Å². The van der Waals surface area contributed by atoms with Gasteiger partial charge in [0.1, 0.15) is 11.6 Å². The lowest BCUT2D eigenvalue weighted by molar-refractivity contribution is -0.138. The summed E-state index contributed by atoms with van der Waals surface area (Å²) in [7, 11) is 1.59. The maximum atomic E-state index is 13.2. The van der Waals surface area contributed by atoms with Gasteiger partial charge in [-0.25, -0.2) is 9.78 Å². The zero-order valence-corrected chi connectivity index (χ0v) is 19.0. The van der Waals surface area contributed by atoms with Gasteiger partial charge in [0.2, 0.25) is 0 Å². The molecule has 4 rings (SSSR count). The molecule has 1 aromatic heterocycles. The van der Waals surface area contributed by atoms with E-state index in [0.717, 1.165) is 28.4 Å². The van der Waals surface area contributed by atoms with Crippen LogP contribution in [-0.2, 0) is 19.0 Å². The van der Waals surface area contributed by atoms with Gasteiger partial charge in [-0.1, -0.05) is 42.5 Å². The number of carbonyl (C=O) groups is 1. The number of fused-ring (bicyclic) bond motifs is 1. The smallest absolute Gasteiger partial charge is 0.416 e. The summed E-state index contributed by atoms with van der Waals surface area (Å²) in [5, 5.41) is 5.57. The van der Waals surface area contributed by atoms with E-state index < -0.39 is 23.8 Å². The normalized spacial score (nSPS) is 12.3. The lowest BCUT2D eigenvalue weighted by atomic mass is 10.0. The Kier molecular flexibility index (Phi) is 7.24. The number of ether oxygens (including phenoxy) is 1. The first-order chi connectivity index (χ1) is 16.8. The zero-order chi connectivity index (χ0) is 24.8. The Morgan fingerprint density at radius 3 is 2.46 bits per heavy atom. The molecule has 3 aromatic carbocycles. The number of hydrogen-bond donors (Lipinski definition) is 3. The highest BCUT2D eigenvalue weighted by Crippen LogP contribution is 2.32. The zero-order valence-electron chi connectivity index (χ0n) is 19.0. The van der Waals surface area contributed by atoms with E-state index >= 15 is 0 Å². The maximum absolute atomic E-state index is 13.2. The molecule has 1 unspecified atom stereocenters. The number of carbonyl (C=O) groups excluding carboxylic acids is 1. The number of amides is 2. The number of para-hydroxylation sites is 2. The Morgan fingerprint density at radius 2 is 1.74 bits per heavy atom. The summed E-state index contributed by atoms with van der Waals surface area (Å²) in [5.74, 6) is 1.30. The number of rotatable bonds is 8. The number of nitrogens with one attached hydrogen (secondary N) is 3. The lowest BCUT2D eigenvalue weighted by Gasteiger charge is -2.18. The fraction of sp³-hybridized carbons (Fsp3) is 0.231. The van der Waals surface area contributed by atoms with Crippen molar-refractivity contribution in [1.82, 2.24) is 20.6 Å². The number of methoxy groups -OCH3 is 1. The largest absolute Gasteiger partial charge is 0.497 e. The third kappa shape index (κ3) is 6.11. The van der Waals surface area contributed by atoms with Gasteiger partial charge in [0.05, 0.1) is 29.7 Å². The fourth-order valence-corrected chi connectivity index (χ4v) is 3.89. The van der Waals surface area contributed by atoms with Crippen molar-refractivity contribution in [1.29, 1.82) is 0 Å². The van der Waals surface area contributed by atoms with Crippen LogP contribution in [0.1, 0.15) is 28.6 Å². The highest BCUT2D eigenvalue weighted by atomic mass is 19.4. The number of nitrogens with zero attached hydrogens (tertiary/aromatic N) is 1. The van der Waals surface area contributed by atoms with E-state index in [9.17, 15) is 18.0 Å². The van der Waals surface area contributed by atoms with Crippen molar-refractivity contribution in [3.8, 4) is 5.75 Å². The van der Waals surface area contributed by atoms with Crippen molar-refractivity contribution >= 4 is 17.1 Å². The Morgan fingerprint density at radius 1 is 1.03 bits per heavy atom. The standard InChI is InChI=1S/C26H25F3N4O2/c1-35-19-12-10-17(11-13-19)16-23(24-31-21-8-4-5-9-22(21)32-24)33-25(34)30-15-14-18-6-2-3-7-20(18)26(27,28)29/h2-13,23H,14-16H2,1H3,(H,31,32)(H2,30,33,34). The highest BCUT2D eigenvalue weighted by Gasteiger charge is 2.32. The van der Waals surface area contributed by atoms with Crippen LogP contribution in [0.4, 0.5) is 18.0 Å². The van der Waals surface area contributed by atoms with Gasteiger partial charge < -0.3 is 20.4 Å². The van der Waals surface area contributed by atoms with Gasteiger partial charge >= 0.3 is 12.2 Å². The molecule has 182 valence electrons. The molecule has 0 saturated carbocycles. The number of alkyl halides is 3. The van der Waals surface area contributed by atoms with Crippen molar-refractivity contribution in [2.24, 2.45) is 0 Å². The number of imidazole rings is 1. The third-order valence-electron chi connectivity index (χ3n) is 5.64. The number of benzene rings is 3. The second kappa shape index (κ2) is 10.5. The Balaban J connectivity index is 1.46. The molecule has 0 saturated heterocycles. The first-order valence-electron chi connectivity index (χ1n) is 11.1. The van der Waals surface area contributed by atoms with Gasteiger partial charge in [-0.15, -0.1) is 0 Å². The number of H-pyrrole nitrogens is 1. The van der Waals surface area contributed by atoms with Crippen LogP contribution in [0.25, 0.3) is 11.0 Å². The molecular weight excluding hydrogens is 457 g/mol. The van der Waals surface area contributed by atoms with Crippen LogP contribution in [0.3, 0.4) is 0 Å². The number of urea groups is 1. The summed E-state index contributed by atoms with van der Waals surface area (Å²) in [6.45, 7) is 0.0499. The molecule has 0 aliphatic rings. The first kappa shape index (κ1) is 24.1. The van der Waals surface area contributed by atoms with E-state index in [1.165, 1.54) is 12.1 Å². The van der Waals surface area contributed by atoms with Crippen LogP contribution >= 0.6 is 0 Å². The van der Waals surface area contributed by atoms with Gasteiger partial charge in [-0.3, -0.25) is 0 Å². The molecule has 0 spiro atoms. The molecule has 6 nitrogen and oxygen atoms in total. The Hall–Kier alpha value is -4.01. The van der Waals surface area contributed by atoms with Gasteiger partial charge in [0, 0.05) is 6.54 Å². The SMILES string of the molecule is COc1ccc(CC(NC(=O)NCCc2ccccc2C(F)(F)F)c2nc3ccccc3[nH]2)cc1. The summed E-state index contributed by atoms with van der Waals surface area (Å²) in [6.07, 6.45) is -3.94. The Labute approximate surface area is 200 Å². The highest BCUT2D eigenvalue weighted by molar-refractivity contribution is 5.76. The molecule has 1 heterocycles. The molecule has 0 bridgehead atoms. The minimum atomic E-state index is -4.44. The predicted octanol–water partition coefficient (Wildman–Crippen LogP) is 5.42. The molecule has 35 heavy (non-hydrogen) atoms. The molecule has 2 amide bonds. The van der Waals surface area contributed by atoms with Crippen molar-refractivity contribution in [3.05, 3.63) is 95.3 Å². The first-order valence-corrected chi connectivity index (χ1v) is 11.1. The van der Waals surface area contributed by atoms with Crippen molar-refractivity contribution < 1.29 is 22.7 Å². The molecule has 0 aliphatic heterocycles. The number of hydrogen-bond acceptors (Lipinski definition) is 3. The molecule has 0 aliphatic carbocycles. The average molecular weight is 483 g/mol. The molecule has 0 fully saturated rings. The van der Waals surface area contributed by atoms with E-state index in [2.05, 4.69) is 20.6 Å². The fourth-order valence-electron chi connectivity index (χ4n) is 3.89. The van der Waals surface area contributed by atoms with Crippen molar-refractivity contribution in [2.45, 2.75) is 25.1 Å². The third-order valence-corrected chi connectivity index (χ3v) is 5.64. The number of halogens is 3. The van der Waals surface area contributed by atoms with Gasteiger partial charge in [-0.05, 0) is 54.3 Å². The average Bonchev–Trinajstić information content (AvgIpc) is 3.28. The molecule has 0 radical (unpaired) electrons. The number of aromatic amines is 1. The Bertz CT molecular complexity index is 1250. The number of aromatic nitrogens is 2. The maximum Gasteiger partial charge on any atom is 0.416 e. The summed E-state index contributed by atoms with van der Waals surface area (Å²) in [4.78, 5) is 20.6. The minimum absolute atomic E-state index is 0.0499. The van der Waals surface area contributed by atoms with Crippen LogP contribution in [0, 0.1) is 0 Å². The molecule has 9 heteroatoms. The van der Waals surface area contributed by atoms with E-state index in [1.54, 1.807) is 13.2 Å². The summed E-state index contributed by atoms with van der Waals surface area (Å²) < 4.78 is 44.9. The quantitative estimate of drug-likeness (QED) is 0.314. The van der Waals surface area contributed by atoms with Gasteiger partial charge in [-0.2, -0.15) is 13.2 Å². The lowest BCUT2D eigenvalue weighted by Crippen LogP contribution is -2.40. The van der Waals surface area contributed by atoms with Crippen molar-refractivity contribution in [2.75, 3.05) is 13.7 Å². The van der Waals surface area contributed by atoms with Gasteiger partial charge in [0.25, 0.3) is 0 Å². The van der Waals surface area contributed by atoms with E-state index in [-0.39, 0.29) is 18.5 Å². The van der Waals surface area contributed by atoms with E-state index in [0.29, 0.717) is 12.2 Å². The van der Waals surface area contributed by atoms with E-state index in [1.807, 2.05) is 48.5 Å². The van der Waals surface area contributed by atoms with Crippen LogP contribution in [0.15, 0.2) is 72.8 Å². The predicted molar refractivity (Wildman–Crippen MR) is 127 cm³/mol. The second-order valence-corrected chi connectivity index (χ2v) is 8.05. The minimum Gasteiger partial charge on any atom is -0.497 e. The molecular formula is C26H25F3N4O2. The summed E-state index contributed by atoms with van der Waals surface area (Å²) >= 11 is 0.